The van der Waals surface area contributed by atoms with E-state index in [2.05, 4.69) is 0 Å². The van der Waals surface area contributed by atoms with Gasteiger partial charge in [0.15, 0.2) is 0 Å². The Bertz CT molecular complexity index is 1280. The van der Waals surface area contributed by atoms with Gasteiger partial charge in [0.1, 0.15) is 11.5 Å². The van der Waals surface area contributed by atoms with Crippen molar-refractivity contribution in [2.24, 2.45) is 0 Å². The van der Waals surface area contributed by atoms with Gasteiger partial charge in [-0.15, -0.1) is 0 Å². The van der Waals surface area contributed by atoms with Crippen molar-refractivity contribution in [1.29, 1.82) is 0 Å². The van der Waals surface area contributed by atoms with Gasteiger partial charge in [-0.1, -0.05) is 48.6 Å². The Morgan fingerprint density at radius 3 is 1.32 bits per heavy atom. The van der Waals surface area contributed by atoms with Crippen LogP contribution in [0.3, 0.4) is 0 Å². The van der Waals surface area contributed by atoms with Gasteiger partial charge in [-0.25, -0.2) is 9.97 Å². The minimum absolute atomic E-state index is 0.354. The van der Waals surface area contributed by atoms with Gasteiger partial charge in [0, 0.05) is 13.8 Å². The molecule has 0 radical (unpaired) electrons. The third-order valence-electron chi connectivity index (χ3n) is 4.78. The minimum Gasteiger partial charge on any atom is -0.427 e. The molecule has 0 spiro atoms. The molecule has 0 aliphatic rings. The van der Waals surface area contributed by atoms with Crippen molar-refractivity contribution >= 4 is 47.3 Å². The zero-order valence-electron chi connectivity index (χ0n) is 18.8. The first kappa shape index (κ1) is 22.6. The van der Waals surface area contributed by atoms with Crippen LogP contribution in [0.4, 0.5) is 0 Å². The number of fused-ring (bicyclic) bond motifs is 1. The molecule has 1 heterocycles. The van der Waals surface area contributed by atoms with E-state index in [9.17, 15) is 9.59 Å². The molecule has 6 nitrogen and oxygen atoms in total. The Morgan fingerprint density at radius 1 is 0.588 bits per heavy atom. The van der Waals surface area contributed by atoms with Crippen LogP contribution in [-0.2, 0) is 9.59 Å². The second-order valence-electron chi connectivity index (χ2n) is 7.47. The minimum atomic E-state index is -0.354. The van der Waals surface area contributed by atoms with Gasteiger partial charge in [0.2, 0.25) is 0 Å². The second-order valence-corrected chi connectivity index (χ2v) is 7.47. The standard InChI is InChI=1S/C28H22N2O4/c1-19(31)33-23-13-7-21(8-14-23)11-17-27-28(30-26-6-4-3-5-25(26)29-27)18-12-22-9-15-24(16-10-22)34-20(2)32/h3-18H,1-2H3/b17-11+,18-12+. The Morgan fingerprint density at radius 2 is 0.971 bits per heavy atom. The summed E-state index contributed by atoms with van der Waals surface area (Å²) in [5.41, 5.74) is 4.90. The lowest BCUT2D eigenvalue weighted by molar-refractivity contribution is -0.132. The van der Waals surface area contributed by atoms with E-state index >= 15 is 0 Å². The molecule has 1 aromatic heterocycles. The Kier molecular flexibility index (Phi) is 6.89. The van der Waals surface area contributed by atoms with Crippen LogP contribution < -0.4 is 9.47 Å². The maximum atomic E-state index is 11.1. The van der Waals surface area contributed by atoms with Crippen molar-refractivity contribution in [3.8, 4) is 11.5 Å². The van der Waals surface area contributed by atoms with E-state index < -0.39 is 0 Å². The molecule has 0 atom stereocenters. The Balaban J connectivity index is 1.62. The van der Waals surface area contributed by atoms with Gasteiger partial charge in [0.05, 0.1) is 22.4 Å². The molecule has 0 unspecified atom stereocenters. The maximum Gasteiger partial charge on any atom is 0.308 e. The van der Waals surface area contributed by atoms with Crippen molar-refractivity contribution in [2.45, 2.75) is 13.8 Å². The Labute approximate surface area is 197 Å². The fourth-order valence-electron chi connectivity index (χ4n) is 3.25. The summed E-state index contributed by atoms with van der Waals surface area (Å²) in [6.45, 7) is 2.74. The third-order valence-corrected chi connectivity index (χ3v) is 4.78. The first-order chi connectivity index (χ1) is 16.5. The lowest BCUT2D eigenvalue weighted by atomic mass is 10.1. The van der Waals surface area contributed by atoms with Crippen LogP contribution >= 0.6 is 0 Å². The number of carbonyl (C=O) groups is 2. The predicted octanol–water partition coefficient (Wildman–Crippen LogP) is 5.82. The van der Waals surface area contributed by atoms with Crippen LogP contribution in [0.1, 0.15) is 36.4 Å². The first-order valence-corrected chi connectivity index (χ1v) is 10.7. The number of carbonyl (C=O) groups excluding carboxylic acids is 2. The van der Waals surface area contributed by atoms with Gasteiger partial charge in [-0.3, -0.25) is 9.59 Å². The molecule has 0 saturated carbocycles. The van der Waals surface area contributed by atoms with Crippen LogP contribution in [0.2, 0.25) is 0 Å². The number of ether oxygens (including phenoxy) is 2. The quantitative estimate of drug-likeness (QED) is 0.272. The number of nitrogens with zero attached hydrogens (tertiary/aromatic N) is 2. The molecular weight excluding hydrogens is 428 g/mol. The van der Waals surface area contributed by atoms with E-state index in [1.807, 2.05) is 72.8 Å². The third kappa shape index (κ3) is 6.01. The molecule has 168 valence electrons. The smallest absolute Gasteiger partial charge is 0.308 e. The van der Waals surface area contributed by atoms with Gasteiger partial charge < -0.3 is 9.47 Å². The summed E-state index contributed by atoms with van der Waals surface area (Å²) < 4.78 is 10.2. The summed E-state index contributed by atoms with van der Waals surface area (Å²) in [7, 11) is 0. The van der Waals surface area contributed by atoms with Crippen LogP contribution in [0.5, 0.6) is 11.5 Å². The highest BCUT2D eigenvalue weighted by Gasteiger charge is 2.05. The Hall–Kier alpha value is -4.58. The second kappa shape index (κ2) is 10.4. The highest BCUT2D eigenvalue weighted by atomic mass is 16.5. The van der Waals surface area contributed by atoms with Crippen molar-refractivity contribution < 1.29 is 19.1 Å². The summed E-state index contributed by atoms with van der Waals surface area (Å²) in [6.07, 6.45) is 7.68. The molecule has 0 saturated heterocycles. The average Bonchev–Trinajstić information content (AvgIpc) is 2.82. The van der Waals surface area contributed by atoms with Gasteiger partial charge in [-0.05, 0) is 59.7 Å². The summed E-state index contributed by atoms with van der Waals surface area (Å²) >= 11 is 0. The van der Waals surface area contributed by atoms with Crippen LogP contribution in [0, 0.1) is 0 Å². The van der Waals surface area contributed by atoms with Crippen molar-refractivity contribution in [3.63, 3.8) is 0 Å². The van der Waals surface area contributed by atoms with E-state index in [-0.39, 0.29) is 11.9 Å². The van der Waals surface area contributed by atoms with E-state index in [1.54, 1.807) is 24.3 Å². The number of rotatable bonds is 6. The van der Waals surface area contributed by atoms with Gasteiger partial charge in [-0.2, -0.15) is 0 Å². The zero-order chi connectivity index (χ0) is 23.9. The molecule has 0 amide bonds. The zero-order valence-corrected chi connectivity index (χ0v) is 18.8. The van der Waals surface area contributed by atoms with E-state index in [0.29, 0.717) is 11.5 Å². The number of aromatic nitrogens is 2. The highest BCUT2D eigenvalue weighted by molar-refractivity contribution is 5.83. The normalized spacial score (nSPS) is 11.2. The van der Waals surface area contributed by atoms with Gasteiger partial charge >= 0.3 is 11.9 Å². The molecule has 0 fully saturated rings. The number of benzene rings is 3. The van der Waals surface area contributed by atoms with Crippen LogP contribution in [0.25, 0.3) is 35.3 Å². The SMILES string of the molecule is CC(=O)Oc1ccc(/C=C/c2nc3ccccc3nc2/C=C/c2ccc(OC(C)=O)cc2)cc1. The summed E-state index contributed by atoms with van der Waals surface area (Å²) in [4.78, 5) is 31.8. The number of esters is 2. The lowest BCUT2D eigenvalue weighted by Crippen LogP contribution is -2.00. The summed E-state index contributed by atoms with van der Waals surface area (Å²) in [6, 6.07) is 22.1. The summed E-state index contributed by atoms with van der Waals surface area (Å²) in [5, 5.41) is 0. The molecular formula is C28H22N2O4. The van der Waals surface area contributed by atoms with Crippen molar-refractivity contribution in [2.75, 3.05) is 0 Å². The van der Waals surface area contributed by atoms with Crippen molar-refractivity contribution in [3.05, 3.63) is 95.3 Å². The molecule has 4 aromatic rings. The lowest BCUT2D eigenvalue weighted by Gasteiger charge is -2.05. The largest absolute Gasteiger partial charge is 0.427 e. The van der Waals surface area contributed by atoms with Crippen LogP contribution in [-0.4, -0.2) is 21.9 Å². The fourth-order valence-corrected chi connectivity index (χ4v) is 3.25. The first-order valence-electron chi connectivity index (χ1n) is 10.7. The molecule has 0 N–H and O–H groups in total. The molecule has 3 aromatic carbocycles. The highest BCUT2D eigenvalue weighted by Crippen LogP contribution is 2.20. The molecule has 0 bridgehead atoms. The van der Waals surface area contributed by atoms with Crippen molar-refractivity contribution in [1.82, 2.24) is 9.97 Å². The molecule has 6 heteroatoms. The maximum absolute atomic E-state index is 11.1. The van der Waals surface area contributed by atoms with E-state index in [1.165, 1.54) is 13.8 Å². The van der Waals surface area contributed by atoms with E-state index in [0.717, 1.165) is 33.5 Å². The molecule has 0 aliphatic heterocycles. The number of hydrogen-bond donors (Lipinski definition) is 0. The monoisotopic (exact) mass is 450 g/mol. The van der Waals surface area contributed by atoms with Crippen LogP contribution in [0.15, 0.2) is 72.8 Å². The fraction of sp³-hybridized carbons (Fsp3) is 0.0714. The number of para-hydroxylation sites is 2. The molecule has 4 rings (SSSR count). The van der Waals surface area contributed by atoms with E-state index in [4.69, 9.17) is 19.4 Å². The molecule has 34 heavy (non-hydrogen) atoms. The molecule has 0 aliphatic carbocycles. The van der Waals surface area contributed by atoms with Gasteiger partial charge in [0.25, 0.3) is 0 Å². The predicted molar refractivity (Wildman–Crippen MR) is 133 cm³/mol. The average molecular weight is 450 g/mol. The summed E-state index contributed by atoms with van der Waals surface area (Å²) in [5.74, 6) is 0.288. The number of hydrogen-bond acceptors (Lipinski definition) is 6. The topological polar surface area (TPSA) is 78.4 Å².